The van der Waals surface area contributed by atoms with Gasteiger partial charge in [0.15, 0.2) is 10.7 Å². The van der Waals surface area contributed by atoms with E-state index in [1.165, 1.54) is 5.56 Å². The fourth-order valence-corrected chi connectivity index (χ4v) is 4.04. The zero-order valence-electron chi connectivity index (χ0n) is 18.3. The second-order valence-corrected chi connectivity index (χ2v) is 9.00. The molecule has 8 heteroatoms. The first-order valence-electron chi connectivity index (χ1n) is 10.3. The Kier molecular flexibility index (Phi) is 6.76. The van der Waals surface area contributed by atoms with Gasteiger partial charge in [-0.3, -0.25) is 10.1 Å². The molecule has 33 heavy (non-hydrogen) atoms. The van der Waals surface area contributed by atoms with E-state index in [1.54, 1.807) is 25.3 Å². The highest BCUT2D eigenvalue weighted by atomic mass is 79.9. The Hall–Kier alpha value is -3.23. The van der Waals surface area contributed by atoms with Crippen molar-refractivity contribution in [2.45, 2.75) is 19.8 Å². The maximum absolute atomic E-state index is 12.5. The van der Waals surface area contributed by atoms with Gasteiger partial charge < -0.3 is 14.5 Å². The normalized spacial score (nSPS) is 10.9. The quantitative estimate of drug-likeness (QED) is 0.290. The van der Waals surface area contributed by atoms with Gasteiger partial charge in [-0.2, -0.15) is 0 Å². The van der Waals surface area contributed by atoms with E-state index in [1.807, 2.05) is 30.3 Å². The number of ether oxygens (including phenoxy) is 1. The number of nitrogens with zero attached hydrogens (tertiary/aromatic N) is 1. The molecule has 0 saturated carbocycles. The van der Waals surface area contributed by atoms with Gasteiger partial charge in [0, 0.05) is 16.8 Å². The van der Waals surface area contributed by atoms with Crippen LogP contribution in [0.25, 0.3) is 22.6 Å². The maximum atomic E-state index is 12.5. The van der Waals surface area contributed by atoms with Crippen LogP contribution in [0.3, 0.4) is 0 Å². The SMILES string of the molecule is COc1ccc(C(=O)NC(=S)Nc2ccc3oc(-c4ccc(C(C)C)cc4)nc3c2)cc1Br. The molecule has 0 saturated heterocycles. The summed E-state index contributed by atoms with van der Waals surface area (Å²) in [6.07, 6.45) is 0. The van der Waals surface area contributed by atoms with Crippen molar-refractivity contribution >= 4 is 56.0 Å². The predicted molar refractivity (Wildman–Crippen MR) is 138 cm³/mol. The number of hydrogen-bond acceptors (Lipinski definition) is 5. The van der Waals surface area contributed by atoms with Gasteiger partial charge in [-0.05, 0) is 88.2 Å². The first kappa shape index (κ1) is 22.9. The molecular formula is C25H22BrN3O3S. The van der Waals surface area contributed by atoms with Gasteiger partial charge >= 0.3 is 0 Å². The van der Waals surface area contributed by atoms with Crippen molar-refractivity contribution in [3.63, 3.8) is 0 Å². The summed E-state index contributed by atoms with van der Waals surface area (Å²) in [6, 6.07) is 18.7. The van der Waals surface area contributed by atoms with Crippen LogP contribution in [-0.4, -0.2) is 23.1 Å². The van der Waals surface area contributed by atoms with Crippen molar-refractivity contribution in [1.29, 1.82) is 0 Å². The second kappa shape index (κ2) is 9.72. The van der Waals surface area contributed by atoms with Gasteiger partial charge in [0.25, 0.3) is 5.91 Å². The summed E-state index contributed by atoms with van der Waals surface area (Å²) in [6.45, 7) is 4.32. The fourth-order valence-electron chi connectivity index (χ4n) is 3.28. The number of carbonyl (C=O) groups is 1. The lowest BCUT2D eigenvalue weighted by Crippen LogP contribution is -2.34. The summed E-state index contributed by atoms with van der Waals surface area (Å²) in [5.74, 6) is 1.33. The molecule has 0 aliphatic rings. The van der Waals surface area contributed by atoms with Crippen molar-refractivity contribution < 1.29 is 13.9 Å². The number of halogens is 1. The number of rotatable bonds is 5. The van der Waals surface area contributed by atoms with Crippen LogP contribution in [0.5, 0.6) is 5.75 Å². The van der Waals surface area contributed by atoms with Crippen LogP contribution >= 0.6 is 28.1 Å². The summed E-state index contributed by atoms with van der Waals surface area (Å²) in [5, 5.41) is 5.88. The number of amides is 1. The predicted octanol–water partition coefficient (Wildman–Crippen LogP) is 6.52. The molecule has 4 aromatic rings. The van der Waals surface area contributed by atoms with Crippen molar-refractivity contribution in [3.05, 3.63) is 76.3 Å². The number of methoxy groups -OCH3 is 1. The van der Waals surface area contributed by atoms with Gasteiger partial charge in [-0.25, -0.2) is 4.98 Å². The number of fused-ring (bicyclic) bond motifs is 1. The van der Waals surface area contributed by atoms with E-state index in [9.17, 15) is 4.79 Å². The molecule has 0 radical (unpaired) electrons. The lowest BCUT2D eigenvalue weighted by molar-refractivity contribution is 0.0977. The fraction of sp³-hybridized carbons (Fsp3) is 0.160. The molecule has 0 bridgehead atoms. The summed E-state index contributed by atoms with van der Waals surface area (Å²) in [7, 11) is 1.57. The number of hydrogen-bond donors (Lipinski definition) is 2. The van der Waals surface area contributed by atoms with Crippen molar-refractivity contribution in [2.24, 2.45) is 0 Å². The van der Waals surface area contributed by atoms with E-state index < -0.39 is 0 Å². The van der Waals surface area contributed by atoms with Crippen LogP contribution < -0.4 is 15.4 Å². The molecule has 168 valence electrons. The summed E-state index contributed by atoms with van der Waals surface area (Å²) in [5.41, 5.74) is 4.68. The number of carbonyl (C=O) groups excluding carboxylic acids is 1. The molecule has 2 N–H and O–H groups in total. The van der Waals surface area contributed by atoms with Crippen LogP contribution in [0, 0.1) is 0 Å². The Bertz CT molecular complexity index is 1330. The van der Waals surface area contributed by atoms with Crippen molar-refractivity contribution in [3.8, 4) is 17.2 Å². The molecular weight excluding hydrogens is 502 g/mol. The third kappa shape index (κ3) is 5.23. The number of thiocarbonyl (C=S) groups is 1. The molecule has 0 spiro atoms. The van der Waals surface area contributed by atoms with E-state index in [2.05, 4.69) is 57.5 Å². The first-order chi connectivity index (χ1) is 15.8. The van der Waals surface area contributed by atoms with Crippen molar-refractivity contribution in [1.82, 2.24) is 10.3 Å². The van der Waals surface area contributed by atoms with Crippen LogP contribution in [0.1, 0.15) is 35.7 Å². The van der Waals surface area contributed by atoms with Crippen LogP contribution in [-0.2, 0) is 0 Å². The van der Waals surface area contributed by atoms with Crippen LogP contribution in [0.15, 0.2) is 69.6 Å². The Balaban J connectivity index is 1.45. The van der Waals surface area contributed by atoms with Gasteiger partial charge in [0.05, 0.1) is 11.6 Å². The lowest BCUT2D eigenvalue weighted by Gasteiger charge is -2.10. The number of oxazole rings is 1. The van der Waals surface area contributed by atoms with Gasteiger partial charge in [0.2, 0.25) is 5.89 Å². The number of nitrogens with one attached hydrogen (secondary N) is 2. The number of anilines is 1. The number of benzene rings is 3. The Morgan fingerprint density at radius 1 is 1.09 bits per heavy atom. The second-order valence-electron chi connectivity index (χ2n) is 7.74. The molecule has 1 aromatic heterocycles. The maximum Gasteiger partial charge on any atom is 0.257 e. The first-order valence-corrected chi connectivity index (χ1v) is 11.5. The Labute approximate surface area is 205 Å². The molecule has 6 nitrogen and oxygen atoms in total. The van der Waals surface area contributed by atoms with Crippen molar-refractivity contribution in [2.75, 3.05) is 12.4 Å². The minimum absolute atomic E-state index is 0.180. The van der Waals surface area contributed by atoms with Gasteiger partial charge in [-0.1, -0.05) is 26.0 Å². The molecule has 0 aliphatic heterocycles. The molecule has 3 aromatic carbocycles. The van der Waals surface area contributed by atoms with Gasteiger partial charge in [-0.15, -0.1) is 0 Å². The van der Waals surface area contributed by atoms with E-state index in [4.69, 9.17) is 21.4 Å². The van der Waals surface area contributed by atoms with E-state index in [0.29, 0.717) is 44.4 Å². The average Bonchev–Trinajstić information content (AvgIpc) is 3.22. The Morgan fingerprint density at radius 3 is 2.52 bits per heavy atom. The summed E-state index contributed by atoms with van der Waals surface area (Å²) >= 11 is 8.69. The third-order valence-electron chi connectivity index (χ3n) is 5.11. The zero-order chi connectivity index (χ0) is 23.5. The largest absolute Gasteiger partial charge is 0.496 e. The summed E-state index contributed by atoms with van der Waals surface area (Å²) in [4.78, 5) is 17.1. The molecule has 1 heterocycles. The van der Waals surface area contributed by atoms with Crippen LogP contribution in [0.4, 0.5) is 5.69 Å². The summed E-state index contributed by atoms with van der Waals surface area (Å²) < 4.78 is 11.8. The van der Waals surface area contributed by atoms with E-state index in [-0.39, 0.29) is 11.0 Å². The average molecular weight is 524 g/mol. The highest BCUT2D eigenvalue weighted by molar-refractivity contribution is 9.10. The minimum Gasteiger partial charge on any atom is -0.496 e. The molecule has 0 fully saturated rings. The molecule has 0 unspecified atom stereocenters. The third-order valence-corrected chi connectivity index (χ3v) is 5.93. The van der Waals surface area contributed by atoms with Gasteiger partial charge in [0.1, 0.15) is 11.3 Å². The van der Waals surface area contributed by atoms with E-state index in [0.717, 1.165) is 5.56 Å². The number of aromatic nitrogens is 1. The monoisotopic (exact) mass is 523 g/mol. The smallest absolute Gasteiger partial charge is 0.257 e. The van der Waals surface area contributed by atoms with E-state index >= 15 is 0 Å². The lowest BCUT2D eigenvalue weighted by atomic mass is 10.0. The highest BCUT2D eigenvalue weighted by Gasteiger charge is 2.13. The Morgan fingerprint density at radius 2 is 1.85 bits per heavy atom. The minimum atomic E-state index is -0.328. The molecule has 4 rings (SSSR count). The standard InChI is InChI=1S/C25H22BrN3O3S/c1-14(2)15-4-6-16(7-5-15)24-28-20-13-18(9-11-22(20)32-24)27-25(33)29-23(30)17-8-10-21(31-3)19(26)12-17/h4-14H,1-3H3,(H2,27,29,30,33). The molecule has 0 aliphatic carbocycles. The molecule has 0 atom stereocenters. The highest BCUT2D eigenvalue weighted by Crippen LogP contribution is 2.28. The van der Waals surface area contributed by atoms with Crippen LogP contribution in [0.2, 0.25) is 0 Å². The topological polar surface area (TPSA) is 76.4 Å². The zero-order valence-corrected chi connectivity index (χ0v) is 20.7. The molecule has 1 amide bonds.